The molecule has 0 fully saturated rings. The second-order valence-electron chi connectivity index (χ2n) is 5.14. The van der Waals surface area contributed by atoms with Crippen LogP contribution in [0.1, 0.15) is 23.4 Å². The molecule has 0 saturated carbocycles. The number of nitrogen functional groups attached to an aromatic ring is 1. The number of anilines is 2. The predicted octanol–water partition coefficient (Wildman–Crippen LogP) is 3.60. The minimum Gasteiger partial charge on any atom is -0.423 e. The highest BCUT2D eigenvalue weighted by Crippen LogP contribution is 2.36. The van der Waals surface area contributed by atoms with E-state index >= 15 is 0 Å². The second kappa shape index (κ2) is 4.24. The van der Waals surface area contributed by atoms with Crippen molar-refractivity contribution in [3.63, 3.8) is 0 Å². The van der Waals surface area contributed by atoms with Crippen molar-refractivity contribution >= 4 is 34.1 Å². The van der Waals surface area contributed by atoms with Crippen molar-refractivity contribution in [3.8, 4) is 0 Å². The highest BCUT2D eigenvalue weighted by Gasteiger charge is 2.27. The van der Waals surface area contributed by atoms with Gasteiger partial charge in [-0.3, -0.25) is 0 Å². The number of thiophene rings is 1. The van der Waals surface area contributed by atoms with Gasteiger partial charge in [0.1, 0.15) is 5.52 Å². The third-order valence-electron chi connectivity index (χ3n) is 3.92. The predicted molar refractivity (Wildman–Crippen MR) is 82.2 cm³/mol. The van der Waals surface area contributed by atoms with Crippen LogP contribution in [0.15, 0.2) is 34.1 Å². The summed E-state index contributed by atoms with van der Waals surface area (Å²) in [4.78, 5) is 8.30. The molecule has 0 saturated heterocycles. The SMILES string of the molecule is CC1c2ccsc2CCN1c1nc2cc(N)ccc2o1. The molecule has 1 aromatic carbocycles. The molecule has 0 amide bonds. The normalized spacial score (nSPS) is 18.4. The van der Waals surface area contributed by atoms with Gasteiger partial charge in [0, 0.05) is 17.1 Å². The van der Waals surface area contributed by atoms with Crippen molar-refractivity contribution < 1.29 is 4.42 Å². The quantitative estimate of drug-likeness (QED) is 0.694. The van der Waals surface area contributed by atoms with Gasteiger partial charge < -0.3 is 15.1 Å². The lowest BCUT2D eigenvalue weighted by atomic mass is 10.0. The fraction of sp³-hybridized carbons (Fsp3) is 0.267. The van der Waals surface area contributed by atoms with Gasteiger partial charge in [-0.15, -0.1) is 11.3 Å². The summed E-state index contributed by atoms with van der Waals surface area (Å²) in [5.41, 5.74) is 9.51. The third-order valence-corrected chi connectivity index (χ3v) is 4.92. The maximum Gasteiger partial charge on any atom is 0.298 e. The maximum absolute atomic E-state index is 5.89. The summed E-state index contributed by atoms with van der Waals surface area (Å²) in [6, 6.07) is 8.77. The molecule has 1 unspecified atom stereocenters. The smallest absolute Gasteiger partial charge is 0.298 e. The van der Waals surface area contributed by atoms with Gasteiger partial charge in [0.25, 0.3) is 6.01 Å². The molecule has 0 spiro atoms. The number of rotatable bonds is 1. The third kappa shape index (κ3) is 1.70. The minimum atomic E-state index is 0.301. The summed E-state index contributed by atoms with van der Waals surface area (Å²) in [5.74, 6) is 0. The maximum atomic E-state index is 5.89. The van der Waals surface area contributed by atoms with Crippen LogP contribution in [0.3, 0.4) is 0 Å². The highest BCUT2D eigenvalue weighted by atomic mass is 32.1. The largest absolute Gasteiger partial charge is 0.423 e. The first-order valence-electron chi connectivity index (χ1n) is 6.71. The molecular formula is C15H15N3OS. The molecule has 1 aliphatic rings. The molecule has 102 valence electrons. The van der Waals surface area contributed by atoms with Gasteiger partial charge in [0.05, 0.1) is 6.04 Å². The first kappa shape index (κ1) is 11.8. The van der Waals surface area contributed by atoms with Gasteiger partial charge in [-0.25, -0.2) is 0 Å². The molecule has 20 heavy (non-hydrogen) atoms. The topological polar surface area (TPSA) is 55.3 Å². The van der Waals surface area contributed by atoms with Crippen molar-refractivity contribution in [2.24, 2.45) is 0 Å². The summed E-state index contributed by atoms with van der Waals surface area (Å²) in [7, 11) is 0. The zero-order valence-electron chi connectivity index (χ0n) is 11.2. The van der Waals surface area contributed by atoms with Crippen molar-refractivity contribution in [2.45, 2.75) is 19.4 Å². The molecule has 1 aliphatic heterocycles. The van der Waals surface area contributed by atoms with Crippen molar-refractivity contribution in [1.29, 1.82) is 0 Å². The van der Waals surface area contributed by atoms with E-state index in [1.165, 1.54) is 10.4 Å². The number of benzene rings is 1. The van der Waals surface area contributed by atoms with Gasteiger partial charge in [0.15, 0.2) is 5.58 Å². The van der Waals surface area contributed by atoms with Crippen LogP contribution in [0.4, 0.5) is 11.7 Å². The van der Waals surface area contributed by atoms with Crippen LogP contribution in [0.5, 0.6) is 0 Å². The molecule has 5 heteroatoms. The molecule has 0 bridgehead atoms. The number of nitrogens with zero attached hydrogens (tertiary/aromatic N) is 2. The molecule has 0 aliphatic carbocycles. The van der Waals surface area contributed by atoms with E-state index in [0.717, 1.165) is 24.1 Å². The zero-order chi connectivity index (χ0) is 13.7. The fourth-order valence-corrected chi connectivity index (χ4v) is 3.79. The van der Waals surface area contributed by atoms with E-state index in [0.29, 0.717) is 17.7 Å². The number of oxazole rings is 1. The molecule has 3 aromatic rings. The molecule has 2 N–H and O–H groups in total. The van der Waals surface area contributed by atoms with E-state index < -0.39 is 0 Å². The van der Waals surface area contributed by atoms with Crippen LogP contribution >= 0.6 is 11.3 Å². The van der Waals surface area contributed by atoms with E-state index in [9.17, 15) is 0 Å². The zero-order valence-corrected chi connectivity index (χ0v) is 12.0. The van der Waals surface area contributed by atoms with Crippen LogP contribution in [0.2, 0.25) is 0 Å². The van der Waals surface area contributed by atoms with E-state index in [4.69, 9.17) is 10.2 Å². The Labute approximate surface area is 120 Å². The van der Waals surface area contributed by atoms with Crippen LogP contribution in [0, 0.1) is 0 Å². The molecule has 2 aromatic heterocycles. The minimum absolute atomic E-state index is 0.301. The molecular weight excluding hydrogens is 270 g/mol. The van der Waals surface area contributed by atoms with Gasteiger partial charge in [0.2, 0.25) is 0 Å². The number of nitrogens with two attached hydrogens (primary N) is 1. The number of hydrogen-bond donors (Lipinski definition) is 1. The van der Waals surface area contributed by atoms with Gasteiger partial charge in [-0.05, 0) is 48.6 Å². The van der Waals surface area contributed by atoms with E-state index in [-0.39, 0.29) is 0 Å². The summed E-state index contributed by atoms with van der Waals surface area (Å²) in [5, 5.41) is 2.16. The van der Waals surface area contributed by atoms with E-state index in [1.54, 1.807) is 0 Å². The van der Waals surface area contributed by atoms with Crippen LogP contribution in [0.25, 0.3) is 11.1 Å². The van der Waals surface area contributed by atoms with E-state index in [2.05, 4.69) is 28.3 Å². The molecule has 4 nitrogen and oxygen atoms in total. The van der Waals surface area contributed by atoms with E-state index in [1.807, 2.05) is 29.5 Å². The Kier molecular flexibility index (Phi) is 2.50. The number of aromatic nitrogens is 1. The monoisotopic (exact) mass is 285 g/mol. The van der Waals surface area contributed by atoms with Crippen molar-refractivity contribution in [1.82, 2.24) is 4.98 Å². The van der Waals surface area contributed by atoms with Crippen LogP contribution in [-0.4, -0.2) is 11.5 Å². The second-order valence-corrected chi connectivity index (χ2v) is 6.14. The van der Waals surface area contributed by atoms with Crippen LogP contribution in [-0.2, 0) is 6.42 Å². The lowest BCUT2D eigenvalue weighted by Crippen LogP contribution is -2.33. The molecule has 4 rings (SSSR count). The van der Waals surface area contributed by atoms with Crippen molar-refractivity contribution in [2.75, 3.05) is 17.2 Å². The summed E-state index contributed by atoms with van der Waals surface area (Å²) < 4.78 is 5.89. The lowest BCUT2D eigenvalue weighted by molar-refractivity contribution is 0.520. The first-order valence-corrected chi connectivity index (χ1v) is 7.59. The Morgan fingerprint density at radius 3 is 3.20 bits per heavy atom. The van der Waals surface area contributed by atoms with Gasteiger partial charge >= 0.3 is 0 Å². The van der Waals surface area contributed by atoms with Crippen LogP contribution < -0.4 is 10.6 Å². The average Bonchev–Trinajstić information content (AvgIpc) is 3.04. The lowest BCUT2D eigenvalue weighted by Gasteiger charge is -2.32. The number of fused-ring (bicyclic) bond motifs is 2. The molecule has 1 atom stereocenters. The Bertz CT molecular complexity index is 776. The highest BCUT2D eigenvalue weighted by molar-refractivity contribution is 7.10. The standard InChI is InChI=1S/C15H15N3OS/c1-9-11-5-7-20-14(11)4-6-18(9)15-17-12-8-10(16)2-3-13(12)19-15/h2-3,5,7-9H,4,6,16H2,1H3. The fourth-order valence-electron chi connectivity index (χ4n) is 2.83. The molecule has 3 heterocycles. The first-order chi connectivity index (χ1) is 9.72. The Morgan fingerprint density at radius 2 is 2.30 bits per heavy atom. The Hall–Kier alpha value is -2.01. The molecule has 0 radical (unpaired) electrons. The Morgan fingerprint density at radius 1 is 1.40 bits per heavy atom. The summed E-state index contributed by atoms with van der Waals surface area (Å²) in [6.45, 7) is 3.14. The average molecular weight is 285 g/mol. The number of hydrogen-bond acceptors (Lipinski definition) is 5. The van der Waals surface area contributed by atoms with Crippen molar-refractivity contribution in [3.05, 3.63) is 40.1 Å². The van der Waals surface area contributed by atoms with Gasteiger partial charge in [-0.1, -0.05) is 0 Å². The summed E-state index contributed by atoms with van der Waals surface area (Å²) in [6.07, 6.45) is 1.05. The van der Waals surface area contributed by atoms with Gasteiger partial charge in [-0.2, -0.15) is 4.98 Å². The summed E-state index contributed by atoms with van der Waals surface area (Å²) >= 11 is 1.84. The Balaban J connectivity index is 1.76.